The topological polar surface area (TPSA) is 110 Å². The number of carbonyl (C=O) groups excluding carboxylic acids is 3. The van der Waals surface area contributed by atoms with E-state index in [0.717, 1.165) is 39.3 Å². The molecule has 0 spiro atoms. The minimum absolute atomic E-state index is 0.0602. The van der Waals surface area contributed by atoms with Gasteiger partial charge >= 0.3 is 11.9 Å². The van der Waals surface area contributed by atoms with Gasteiger partial charge in [-0.25, -0.2) is 9.59 Å². The van der Waals surface area contributed by atoms with Gasteiger partial charge in [0.05, 0.1) is 31.8 Å². The standard InChI is InChI=1S/C22H35N3O6/c1-6-30-20(27)18-15(2)19(21(28)31-22(3,4)5)24-16(18)14-17(26)23-8-7-9-25-10-12-29-13-11-25/h24H,6-14H2,1-5H3,(H,23,26). The van der Waals surface area contributed by atoms with Crippen molar-refractivity contribution in [2.24, 2.45) is 0 Å². The van der Waals surface area contributed by atoms with E-state index in [-0.39, 0.29) is 30.2 Å². The molecule has 2 N–H and O–H groups in total. The minimum atomic E-state index is -0.684. The highest BCUT2D eigenvalue weighted by Crippen LogP contribution is 2.23. The number of aromatic nitrogens is 1. The summed E-state index contributed by atoms with van der Waals surface area (Å²) in [6.45, 7) is 13.6. The van der Waals surface area contributed by atoms with E-state index >= 15 is 0 Å². The first-order valence-corrected chi connectivity index (χ1v) is 10.8. The van der Waals surface area contributed by atoms with Crippen LogP contribution in [0.5, 0.6) is 0 Å². The number of nitrogens with one attached hydrogen (secondary N) is 2. The molecule has 1 aliphatic heterocycles. The Balaban J connectivity index is 2.03. The number of morpholine rings is 1. The van der Waals surface area contributed by atoms with Gasteiger partial charge < -0.3 is 24.5 Å². The number of carbonyl (C=O) groups is 3. The first-order valence-electron chi connectivity index (χ1n) is 10.8. The number of nitrogens with zero attached hydrogens (tertiary/aromatic N) is 1. The zero-order valence-corrected chi connectivity index (χ0v) is 19.3. The van der Waals surface area contributed by atoms with Crippen molar-refractivity contribution in [3.05, 3.63) is 22.5 Å². The molecular formula is C22H35N3O6. The summed E-state index contributed by atoms with van der Waals surface area (Å²) in [4.78, 5) is 42.7. The number of hydrogen-bond acceptors (Lipinski definition) is 7. The normalized spacial score (nSPS) is 14.9. The molecule has 0 aliphatic carbocycles. The van der Waals surface area contributed by atoms with Crippen LogP contribution >= 0.6 is 0 Å². The zero-order chi connectivity index (χ0) is 23.0. The lowest BCUT2D eigenvalue weighted by Crippen LogP contribution is -2.38. The quantitative estimate of drug-likeness (QED) is 0.448. The highest BCUT2D eigenvalue weighted by Gasteiger charge is 2.28. The Bertz CT molecular complexity index is 775. The van der Waals surface area contributed by atoms with Gasteiger partial charge in [0, 0.05) is 25.3 Å². The Kier molecular flexibility index (Phi) is 9.06. The number of esters is 2. The monoisotopic (exact) mass is 437 g/mol. The van der Waals surface area contributed by atoms with Crippen LogP contribution in [0.2, 0.25) is 0 Å². The molecule has 2 rings (SSSR count). The average Bonchev–Trinajstić information content (AvgIpc) is 3.01. The van der Waals surface area contributed by atoms with E-state index < -0.39 is 17.5 Å². The molecule has 0 radical (unpaired) electrons. The van der Waals surface area contributed by atoms with E-state index in [0.29, 0.717) is 17.8 Å². The Labute approximate surface area is 183 Å². The van der Waals surface area contributed by atoms with Crippen molar-refractivity contribution in [1.29, 1.82) is 0 Å². The van der Waals surface area contributed by atoms with Crippen LogP contribution in [-0.4, -0.2) is 79.3 Å². The van der Waals surface area contributed by atoms with Gasteiger partial charge in [-0.05, 0) is 53.1 Å². The predicted octanol–water partition coefficient (Wildman–Crippen LogP) is 1.84. The fourth-order valence-corrected chi connectivity index (χ4v) is 3.38. The second-order valence-electron chi connectivity index (χ2n) is 8.54. The molecule has 1 amide bonds. The fraction of sp³-hybridized carbons (Fsp3) is 0.682. The lowest BCUT2D eigenvalue weighted by atomic mass is 10.1. The van der Waals surface area contributed by atoms with E-state index in [9.17, 15) is 14.4 Å². The van der Waals surface area contributed by atoms with Crippen LogP contribution in [0.15, 0.2) is 0 Å². The largest absolute Gasteiger partial charge is 0.462 e. The van der Waals surface area contributed by atoms with E-state index in [1.807, 2.05) is 0 Å². The summed E-state index contributed by atoms with van der Waals surface area (Å²) >= 11 is 0. The number of rotatable bonds is 9. The molecule has 0 unspecified atom stereocenters. The molecule has 1 saturated heterocycles. The second kappa shape index (κ2) is 11.3. The molecule has 1 aliphatic rings. The maximum Gasteiger partial charge on any atom is 0.355 e. The van der Waals surface area contributed by atoms with Crippen molar-refractivity contribution in [2.75, 3.05) is 46.0 Å². The van der Waals surface area contributed by atoms with Crippen LogP contribution in [0, 0.1) is 6.92 Å². The lowest BCUT2D eigenvalue weighted by Gasteiger charge is -2.26. The highest BCUT2D eigenvalue weighted by molar-refractivity contribution is 5.99. The first-order chi connectivity index (χ1) is 14.6. The van der Waals surface area contributed by atoms with Gasteiger partial charge in [0.2, 0.25) is 5.91 Å². The van der Waals surface area contributed by atoms with Crippen molar-refractivity contribution in [3.8, 4) is 0 Å². The van der Waals surface area contributed by atoms with Crippen LogP contribution in [0.1, 0.15) is 66.2 Å². The molecule has 9 nitrogen and oxygen atoms in total. The van der Waals surface area contributed by atoms with Crippen LogP contribution in [-0.2, 0) is 25.4 Å². The second-order valence-corrected chi connectivity index (χ2v) is 8.54. The summed E-state index contributed by atoms with van der Waals surface area (Å²) in [5.41, 5.74) is 0.459. The molecule has 0 atom stereocenters. The number of ether oxygens (including phenoxy) is 3. The first kappa shape index (κ1) is 24.9. The fourth-order valence-electron chi connectivity index (χ4n) is 3.38. The van der Waals surface area contributed by atoms with Gasteiger partial charge in [0.15, 0.2) is 0 Å². The summed E-state index contributed by atoms with van der Waals surface area (Å²) < 4.78 is 15.9. The SMILES string of the molecule is CCOC(=O)c1c(CC(=O)NCCCN2CCOCC2)[nH]c(C(=O)OC(C)(C)C)c1C. The minimum Gasteiger partial charge on any atom is -0.462 e. The predicted molar refractivity (Wildman–Crippen MR) is 115 cm³/mol. The smallest absolute Gasteiger partial charge is 0.355 e. The van der Waals surface area contributed by atoms with E-state index in [2.05, 4.69) is 15.2 Å². The van der Waals surface area contributed by atoms with Gasteiger partial charge in [-0.3, -0.25) is 9.69 Å². The van der Waals surface area contributed by atoms with Crippen LogP contribution in [0.25, 0.3) is 0 Å². The van der Waals surface area contributed by atoms with Gasteiger partial charge in [-0.1, -0.05) is 0 Å². The molecule has 1 fully saturated rings. The highest BCUT2D eigenvalue weighted by atomic mass is 16.6. The van der Waals surface area contributed by atoms with Crippen molar-refractivity contribution in [3.63, 3.8) is 0 Å². The molecule has 9 heteroatoms. The molecule has 2 heterocycles. The Morgan fingerprint density at radius 3 is 2.45 bits per heavy atom. The molecule has 31 heavy (non-hydrogen) atoms. The van der Waals surface area contributed by atoms with Gasteiger partial charge in [0.1, 0.15) is 11.3 Å². The summed E-state index contributed by atoms with van der Waals surface area (Å²) in [6.07, 6.45) is 0.763. The summed E-state index contributed by atoms with van der Waals surface area (Å²) in [7, 11) is 0. The van der Waals surface area contributed by atoms with Crippen LogP contribution in [0.3, 0.4) is 0 Å². The van der Waals surface area contributed by atoms with E-state index in [1.54, 1.807) is 34.6 Å². The number of hydrogen-bond donors (Lipinski definition) is 2. The number of amides is 1. The molecular weight excluding hydrogens is 402 g/mol. The van der Waals surface area contributed by atoms with Crippen molar-refractivity contribution < 1.29 is 28.6 Å². The van der Waals surface area contributed by atoms with Crippen LogP contribution in [0.4, 0.5) is 0 Å². The zero-order valence-electron chi connectivity index (χ0n) is 19.3. The van der Waals surface area contributed by atoms with Crippen molar-refractivity contribution in [1.82, 2.24) is 15.2 Å². The van der Waals surface area contributed by atoms with Crippen molar-refractivity contribution in [2.45, 2.75) is 53.1 Å². The molecule has 0 saturated carbocycles. The average molecular weight is 438 g/mol. The number of H-pyrrole nitrogens is 1. The maximum atomic E-state index is 12.6. The molecule has 1 aromatic rings. The molecule has 0 aromatic carbocycles. The third-order valence-electron chi connectivity index (χ3n) is 4.82. The third-order valence-corrected chi connectivity index (χ3v) is 4.82. The Hall–Kier alpha value is -2.39. The van der Waals surface area contributed by atoms with Gasteiger partial charge in [0.25, 0.3) is 0 Å². The molecule has 0 bridgehead atoms. The lowest BCUT2D eigenvalue weighted by molar-refractivity contribution is -0.120. The van der Waals surface area contributed by atoms with Crippen molar-refractivity contribution >= 4 is 17.8 Å². The molecule has 174 valence electrons. The Morgan fingerprint density at radius 1 is 1.16 bits per heavy atom. The van der Waals surface area contributed by atoms with Gasteiger partial charge in [-0.2, -0.15) is 0 Å². The summed E-state index contributed by atoms with van der Waals surface area (Å²) in [6, 6.07) is 0. The molecule has 1 aromatic heterocycles. The summed E-state index contributed by atoms with van der Waals surface area (Å²) in [5.74, 6) is -1.38. The van der Waals surface area contributed by atoms with E-state index in [1.165, 1.54) is 0 Å². The van der Waals surface area contributed by atoms with Crippen LogP contribution < -0.4 is 5.32 Å². The number of aromatic amines is 1. The van der Waals surface area contributed by atoms with Gasteiger partial charge in [-0.15, -0.1) is 0 Å². The maximum absolute atomic E-state index is 12.6. The summed E-state index contributed by atoms with van der Waals surface area (Å²) in [5, 5.41) is 2.88. The third kappa shape index (κ3) is 7.66. The van der Waals surface area contributed by atoms with E-state index in [4.69, 9.17) is 14.2 Å². The Morgan fingerprint density at radius 2 is 1.84 bits per heavy atom.